The van der Waals surface area contributed by atoms with Crippen molar-refractivity contribution in [3.63, 3.8) is 0 Å². The normalized spacial score (nSPS) is 16.3. The molecule has 1 saturated carbocycles. The fourth-order valence-electron chi connectivity index (χ4n) is 2.09. The molecule has 1 atom stereocenters. The fraction of sp³-hybridized carbons (Fsp3) is 0.500. The van der Waals surface area contributed by atoms with E-state index in [1.165, 1.54) is 0 Å². The number of aliphatic carboxylic acids is 1. The predicted octanol–water partition coefficient (Wildman–Crippen LogP) is 1.69. The molecule has 2 rings (SSSR count). The van der Waals surface area contributed by atoms with E-state index in [-0.39, 0.29) is 6.04 Å². The number of ether oxygens (including phenoxy) is 1. The van der Waals surface area contributed by atoms with Crippen LogP contribution in [-0.2, 0) is 11.2 Å². The van der Waals surface area contributed by atoms with E-state index in [9.17, 15) is 4.79 Å². The largest absolute Gasteiger partial charge is 0.497 e. The van der Waals surface area contributed by atoms with Crippen LogP contribution in [0.1, 0.15) is 18.4 Å². The van der Waals surface area contributed by atoms with Gasteiger partial charge in [0.15, 0.2) is 0 Å². The standard InChI is InChI=1S/C14H19NO3/c1-18-12-4-2-3-10(9-12)7-8-15-13(14(16)17)11-5-6-11/h2-4,9,11,13,15H,5-8H2,1H3,(H,16,17). The molecule has 0 heterocycles. The molecule has 0 saturated heterocycles. The van der Waals surface area contributed by atoms with Gasteiger partial charge in [0.25, 0.3) is 0 Å². The number of hydrogen-bond acceptors (Lipinski definition) is 3. The van der Waals surface area contributed by atoms with E-state index in [0.717, 1.165) is 30.6 Å². The molecule has 98 valence electrons. The Balaban J connectivity index is 1.81. The number of nitrogens with one attached hydrogen (secondary N) is 1. The van der Waals surface area contributed by atoms with Gasteiger partial charge >= 0.3 is 5.97 Å². The Bertz CT molecular complexity index is 415. The minimum Gasteiger partial charge on any atom is -0.497 e. The highest BCUT2D eigenvalue weighted by Gasteiger charge is 2.35. The third-order valence-corrected chi connectivity index (χ3v) is 3.27. The lowest BCUT2D eigenvalue weighted by Crippen LogP contribution is -2.39. The van der Waals surface area contributed by atoms with Crippen molar-refractivity contribution in [3.8, 4) is 5.75 Å². The maximum atomic E-state index is 11.0. The summed E-state index contributed by atoms with van der Waals surface area (Å²) in [6.07, 6.45) is 2.87. The molecule has 0 aromatic heterocycles. The van der Waals surface area contributed by atoms with Gasteiger partial charge in [-0.2, -0.15) is 0 Å². The topological polar surface area (TPSA) is 58.6 Å². The van der Waals surface area contributed by atoms with Gasteiger partial charge < -0.3 is 15.2 Å². The Morgan fingerprint density at radius 1 is 1.56 bits per heavy atom. The van der Waals surface area contributed by atoms with Gasteiger partial charge in [0.05, 0.1) is 7.11 Å². The highest BCUT2D eigenvalue weighted by atomic mass is 16.5. The van der Waals surface area contributed by atoms with Crippen molar-refractivity contribution in [1.29, 1.82) is 0 Å². The molecule has 1 aliphatic carbocycles. The minimum atomic E-state index is -0.733. The molecule has 1 aromatic carbocycles. The third-order valence-electron chi connectivity index (χ3n) is 3.27. The van der Waals surface area contributed by atoms with Gasteiger partial charge in [-0.3, -0.25) is 4.79 Å². The number of hydrogen-bond donors (Lipinski definition) is 2. The highest BCUT2D eigenvalue weighted by Crippen LogP contribution is 2.32. The van der Waals surface area contributed by atoms with Crippen molar-refractivity contribution in [2.24, 2.45) is 5.92 Å². The fourth-order valence-corrected chi connectivity index (χ4v) is 2.09. The van der Waals surface area contributed by atoms with Crippen molar-refractivity contribution in [2.75, 3.05) is 13.7 Å². The summed E-state index contributed by atoms with van der Waals surface area (Å²) < 4.78 is 5.15. The molecule has 0 radical (unpaired) electrons. The van der Waals surface area contributed by atoms with Crippen molar-refractivity contribution in [3.05, 3.63) is 29.8 Å². The maximum Gasteiger partial charge on any atom is 0.320 e. The van der Waals surface area contributed by atoms with Crippen LogP contribution in [0, 0.1) is 5.92 Å². The van der Waals surface area contributed by atoms with Crippen molar-refractivity contribution in [2.45, 2.75) is 25.3 Å². The number of methoxy groups -OCH3 is 1. The van der Waals surface area contributed by atoms with Gasteiger partial charge in [0.2, 0.25) is 0 Å². The first-order chi connectivity index (χ1) is 8.70. The lowest BCUT2D eigenvalue weighted by atomic mass is 10.1. The molecule has 1 aliphatic rings. The van der Waals surface area contributed by atoms with Crippen LogP contribution >= 0.6 is 0 Å². The summed E-state index contributed by atoms with van der Waals surface area (Å²) in [4.78, 5) is 11.0. The molecule has 0 bridgehead atoms. The van der Waals surface area contributed by atoms with Crippen LogP contribution in [0.25, 0.3) is 0 Å². The van der Waals surface area contributed by atoms with Gasteiger partial charge in [0.1, 0.15) is 11.8 Å². The number of carboxylic acid groups (broad SMARTS) is 1. The molecular weight excluding hydrogens is 230 g/mol. The van der Waals surface area contributed by atoms with E-state index in [2.05, 4.69) is 5.32 Å². The molecule has 1 aromatic rings. The van der Waals surface area contributed by atoms with E-state index in [0.29, 0.717) is 12.5 Å². The van der Waals surface area contributed by atoms with Crippen LogP contribution < -0.4 is 10.1 Å². The summed E-state index contributed by atoms with van der Waals surface area (Å²) in [5.74, 6) is 0.431. The lowest BCUT2D eigenvalue weighted by Gasteiger charge is -2.13. The molecule has 0 amide bonds. The van der Waals surface area contributed by atoms with Crippen LogP contribution in [0.2, 0.25) is 0 Å². The molecule has 18 heavy (non-hydrogen) atoms. The second-order valence-electron chi connectivity index (χ2n) is 4.71. The van der Waals surface area contributed by atoms with Crippen molar-refractivity contribution < 1.29 is 14.6 Å². The number of benzene rings is 1. The smallest absolute Gasteiger partial charge is 0.320 e. The first-order valence-corrected chi connectivity index (χ1v) is 6.30. The average molecular weight is 249 g/mol. The molecular formula is C14H19NO3. The Labute approximate surface area is 107 Å². The summed E-state index contributed by atoms with van der Waals surface area (Å²) in [5, 5.41) is 12.2. The predicted molar refractivity (Wildman–Crippen MR) is 68.8 cm³/mol. The molecule has 1 unspecified atom stereocenters. The lowest BCUT2D eigenvalue weighted by molar-refractivity contribution is -0.140. The summed E-state index contributed by atoms with van der Waals surface area (Å²) in [6, 6.07) is 7.48. The van der Waals surface area contributed by atoms with Crippen LogP contribution in [0.5, 0.6) is 5.75 Å². The van der Waals surface area contributed by atoms with Gasteiger partial charge in [-0.25, -0.2) is 0 Å². The summed E-state index contributed by atoms with van der Waals surface area (Å²) in [7, 11) is 1.64. The summed E-state index contributed by atoms with van der Waals surface area (Å²) in [5.41, 5.74) is 1.15. The first kappa shape index (κ1) is 12.9. The van der Waals surface area contributed by atoms with E-state index in [1.807, 2.05) is 24.3 Å². The van der Waals surface area contributed by atoms with Crippen LogP contribution in [-0.4, -0.2) is 30.8 Å². The SMILES string of the molecule is COc1cccc(CCNC(C(=O)O)C2CC2)c1. The second kappa shape index (κ2) is 5.87. The second-order valence-corrected chi connectivity index (χ2v) is 4.71. The van der Waals surface area contributed by atoms with Crippen LogP contribution in [0.15, 0.2) is 24.3 Å². The average Bonchev–Trinajstić information content (AvgIpc) is 3.18. The van der Waals surface area contributed by atoms with Gasteiger partial charge in [0, 0.05) is 0 Å². The first-order valence-electron chi connectivity index (χ1n) is 6.30. The van der Waals surface area contributed by atoms with Crippen molar-refractivity contribution in [1.82, 2.24) is 5.32 Å². The number of rotatable bonds is 7. The Hall–Kier alpha value is -1.55. The minimum absolute atomic E-state index is 0.327. The molecule has 4 heteroatoms. The quantitative estimate of drug-likeness (QED) is 0.772. The molecule has 1 fully saturated rings. The number of carboxylic acids is 1. The zero-order valence-corrected chi connectivity index (χ0v) is 10.6. The van der Waals surface area contributed by atoms with Crippen LogP contribution in [0.4, 0.5) is 0 Å². The van der Waals surface area contributed by atoms with Crippen LogP contribution in [0.3, 0.4) is 0 Å². The van der Waals surface area contributed by atoms with E-state index >= 15 is 0 Å². The molecule has 0 aliphatic heterocycles. The Morgan fingerprint density at radius 3 is 2.94 bits per heavy atom. The zero-order valence-electron chi connectivity index (χ0n) is 10.6. The molecule has 4 nitrogen and oxygen atoms in total. The van der Waals surface area contributed by atoms with E-state index < -0.39 is 5.97 Å². The summed E-state index contributed by atoms with van der Waals surface area (Å²) in [6.45, 7) is 0.681. The van der Waals surface area contributed by atoms with Gasteiger partial charge in [-0.1, -0.05) is 12.1 Å². The molecule has 2 N–H and O–H groups in total. The maximum absolute atomic E-state index is 11.0. The van der Waals surface area contributed by atoms with Crippen molar-refractivity contribution >= 4 is 5.97 Å². The van der Waals surface area contributed by atoms with E-state index in [1.54, 1.807) is 7.11 Å². The Morgan fingerprint density at radius 2 is 2.33 bits per heavy atom. The van der Waals surface area contributed by atoms with Gasteiger partial charge in [-0.05, 0) is 49.4 Å². The monoisotopic (exact) mass is 249 g/mol. The highest BCUT2D eigenvalue weighted by molar-refractivity contribution is 5.74. The molecule has 0 spiro atoms. The van der Waals surface area contributed by atoms with E-state index in [4.69, 9.17) is 9.84 Å². The zero-order chi connectivity index (χ0) is 13.0. The number of carbonyl (C=O) groups is 1. The summed E-state index contributed by atoms with van der Waals surface area (Å²) >= 11 is 0. The third kappa shape index (κ3) is 3.47. The Kier molecular flexibility index (Phi) is 4.20. The van der Waals surface area contributed by atoms with Gasteiger partial charge in [-0.15, -0.1) is 0 Å².